The third-order valence-corrected chi connectivity index (χ3v) is 4.67. The lowest BCUT2D eigenvalue weighted by atomic mass is 10.1. The van der Waals surface area contributed by atoms with Crippen molar-refractivity contribution in [3.63, 3.8) is 0 Å². The Balaban J connectivity index is 1.62. The van der Waals surface area contributed by atoms with Crippen molar-refractivity contribution in [3.8, 4) is 0 Å². The van der Waals surface area contributed by atoms with E-state index < -0.39 is 11.3 Å². The molecule has 1 saturated carbocycles. The van der Waals surface area contributed by atoms with Gasteiger partial charge in [-0.2, -0.15) is 5.10 Å². The van der Waals surface area contributed by atoms with Gasteiger partial charge in [-0.25, -0.2) is 13.6 Å². The minimum Gasteiger partial charge on any atom is -0.361 e. The van der Waals surface area contributed by atoms with Crippen molar-refractivity contribution in [2.45, 2.75) is 32.2 Å². The summed E-state index contributed by atoms with van der Waals surface area (Å²) in [4.78, 5) is 15.7. The van der Waals surface area contributed by atoms with Crippen LogP contribution in [0.25, 0.3) is 0 Å². The number of anilines is 1. The molecule has 1 aromatic heterocycles. The smallest absolute Gasteiger partial charge is 0.317 e. The van der Waals surface area contributed by atoms with Crippen LogP contribution in [0.4, 0.5) is 19.4 Å². The molecule has 8 heteroatoms. The molecule has 126 valence electrons. The Hall–Kier alpha value is -1.99. The van der Waals surface area contributed by atoms with Gasteiger partial charge in [0.05, 0.1) is 11.1 Å². The molecule has 0 bridgehead atoms. The van der Waals surface area contributed by atoms with Crippen molar-refractivity contribution < 1.29 is 13.6 Å². The Bertz CT molecular complexity index is 636. The minimum absolute atomic E-state index is 0.000264. The highest BCUT2D eigenvalue weighted by atomic mass is 19.3. The Morgan fingerprint density at radius 3 is 2.74 bits per heavy atom. The van der Waals surface area contributed by atoms with Gasteiger partial charge in [0.25, 0.3) is 5.92 Å². The summed E-state index contributed by atoms with van der Waals surface area (Å²) in [5.41, 5.74) is 0.744. The number of aromatic nitrogens is 2. The van der Waals surface area contributed by atoms with E-state index in [0.717, 1.165) is 17.1 Å². The summed E-state index contributed by atoms with van der Waals surface area (Å²) < 4.78 is 26.4. The highest BCUT2D eigenvalue weighted by molar-refractivity contribution is 5.74. The summed E-state index contributed by atoms with van der Waals surface area (Å²) in [7, 11) is 3.75. The van der Waals surface area contributed by atoms with Crippen LogP contribution in [0.5, 0.6) is 0 Å². The number of alkyl halides is 2. The van der Waals surface area contributed by atoms with Gasteiger partial charge in [-0.1, -0.05) is 6.92 Å². The summed E-state index contributed by atoms with van der Waals surface area (Å²) in [6.45, 7) is 2.43. The molecule has 1 aromatic rings. The van der Waals surface area contributed by atoms with E-state index in [1.54, 1.807) is 4.90 Å². The van der Waals surface area contributed by atoms with Crippen LogP contribution in [0.15, 0.2) is 6.07 Å². The van der Waals surface area contributed by atoms with Crippen LogP contribution < -0.4 is 10.2 Å². The average molecular weight is 325 g/mol. The van der Waals surface area contributed by atoms with E-state index in [2.05, 4.69) is 15.5 Å². The fraction of sp³-hybridized carbons (Fsp3) is 0.667. The predicted octanol–water partition coefficient (Wildman–Crippen LogP) is 1.66. The number of nitrogens with zero attached hydrogens (tertiary/aromatic N) is 4. The fourth-order valence-electron chi connectivity index (χ4n) is 2.73. The summed E-state index contributed by atoms with van der Waals surface area (Å²) in [6.07, 6.45) is 0.460. The standard InChI is InChI=1S/C15H21F2N5O/c1-14(8-15(14,16)17)9-18-13(23)22-5-4-11-10(7-22)6-12(20-19-11)21(2)3/h6H,4-5,7-9H2,1-3H3,(H,18,23). The van der Waals surface area contributed by atoms with Gasteiger partial charge in [-0.3, -0.25) is 0 Å². The van der Waals surface area contributed by atoms with E-state index in [4.69, 9.17) is 0 Å². The molecular weight excluding hydrogens is 304 g/mol. The Kier molecular flexibility index (Phi) is 3.65. The lowest BCUT2D eigenvalue weighted by Crippen LogP contribution is -2.45. The average Bonchev–Trinajstić information content (AvgIpc) is 3.02. The van der Waals surface area contributed by atoms with Gasteiger partial charge >= 0.3 is 6.03 Å². The predicted molar refractivity (Wildman–Crippen MR) is 81.5 cm³/mol. The molecule has 1 atom stereocenters. The van der Waals surface area contributed by atoms with Crippen molar-refractivity contribution in [3.05, 3.63) is 17.3 Å². The fourth-order valence-corrected chi connectivity index (χ4v) is 2.73. The monoisotopic (exact) mass is 325 g/mol. The molecule has 1 unspecified atom stereocenters. The zero-order chi connectivity index (χ0) is 16.8. The second-order valence-electron chi connectivity index (χ2n) is 6.84. The number of rotatable bonds is 3. The molecule has 2 amide bonds. The molecule has 1 N–H and O–H groups in total. The third kappa shape index (κ3) is 2.94. The Morgan fingerprint density at radius 2 is 2.13 bits per heavy atom. The molecular formula is C15H21F2N5O. The summed E-state index contributed by atoms with van der Waals surface area (Å²) in [6, 6.07) is 1.61. The Morgan fingerprint density at radius 1 is 1.43 bits per heavy atom. The third-order valence-electron chi connectivity index (χ3n) is 4.67. The second-order valence-corrected chi connectivity index (χ2v) is 6.84. The second kappa shape index (κ2) is 5.28. The van der Waals surface area contributed by atoms with Crippen LogP contribution in [-0.2, 0) is 13.0 Å². The Labute approximate surface area is 133 Å². The van der Waals surface area contributed by atoms with Crippen LogP contribution in [-0.4, -0.2) is 54.2 Å². The minimum atomic E-state index is -2.66. The number of carbonyl (C=O) groups excluding carboxylic acids is 1. The van der Waals surface area contributed by atoms with Crippen molar-refractivity contribution in [2.75, 3.05) is 32.1 Å². The van der Waals surface area contributed by atoms with Gasteiger partial charge in [0.2, 0.25) is 0 Å². The number of carbonyl (C=O) groups is 1. The quantitative estimate of drug-likeness (QED) is 0.918. The van der Waals surface area contributed by atoms with Crippen LogP contribution in [0, 0.1) is 5.41 Å². The van der Waals surface area contributed by atoms with Crippen LogP contribution >= 0.6 is 0 Å². The SMILES string of the molecule is CN(C)c1cc2c(nn1)CCN(C(=O)NCC1(C)CC1(F)F)C2. The van der Waals surface area contributed by atoms with Crippen LogP contribution in [0.3, 0.4) is 0 Å². The van der Waals surface area contributed by atoms with E-state index in [9.17, 15) is 13.6 Å². The molecule has 2 aliphatic rings. The molecule has 3 rings (SSSR count). The lowest BCUT2D eigenvalue weighted by Gasteiger charge is -2.29. The summed E-state index contributed by atoms with van der Waals surface area (Å²) in [5, 5.41) is 11.0. The molecule has 23 heavy (non-hydrogen) atoms. The molecule has 2 heterocycles. The molecule has 0 saturated heterocycles. The van der Waals surface area contributed by atoms with E-state index in [1.807, 2.05) is 25.1 Å². The molecule has 1 aliphatic carbocycles. The van der Waals surface area contributed by atoms with Gasteiger partial charge < -0.3 is 15.1 Å². The number of nitrogens with one attached hydrogen (secondary N) is 1. The summed E-state index contributed by atoms with van der Waals surface area (Å²) >= 11 is 0. The first-order chi connectivity index (χ1) is 10.7. The van der Waals surface area contributed by atoms with Crippen LogP contribution in [0.2, 0.25) is 0 Å². The van der Waals surface area contributed by atoms with Gasteiger partial charge in [-0.05, 0) is 11.6 Å². The van der Waals surface area contributed by atoms with Gasteiger partial charge in [-0.15, -0.1) is 5.10 Å². The maximum atomic E-state index is 13.2. The number of hydrogen-bond acceptors (Lipinski definition) is 4. The van der Waals surface area contributed by atoms with E-state index in [1.165, 1.54) is 6.92 Å². The van der Waals surface area contributed by atoms with Crippen molar-refractivity contribution in [1.29, 1.82) is 0 Å². The van der Waals surface area contributed by atoms with Crippen LogP contribution in [0.1, 0.15) is 24.6 Å². The molecule has 0 aromatic carbocycles. The first kappa shape index (κ1) is 15.9. The van der Waals surface area contributed by atoms with Gasteiger partial charge in [0.15, 0.2) is 5.82 Å². The molecule has 6 nitrogen and oxygen atoms in total. The maximum absolute atomic E-state index is 13.2. The normalized spacial score (nSPS) is 24.8. The number of urea groups is 1. The highest BCUT2D eigenvalue weighted by Crippen LogP contribution is 2.59. The van der Waals surface area contributed by atoms with Crippen molar-refractivity contribution in [1.82, 2.24) is 20.4 Å². The van der Waals surface area contributed by atoms with Crippen molar-refractivity contribution >= 4 is 11.8 Å². The van der Waals surface area contributed by atoms with Gasteiger partial charge in [0, 0.05) is 46.6 Å². The number of amides is 2. The lowest BCUT2D eigenvalue weighted by molar-refractivity contribution is 0.0700. The number of hydrogen-bond donors (Lipinski definition) is 1. The first-order valence-corrected chi connectivity index (χ1v) is 7.65. The zero-order valence-corrected chi connectivity index (χ0v) is 13.6. The van der Waals surface area contributed by atoms with Gasteiger partial charge in [0.1, 0.15) is 0 Å². The maximum Gasteiger partial charge on any atom is 0.317 e. The molecule has 0 radical (unpaired) electrons. The molecule has 0 spiro atoms. The largest absolute Gasteiger partial charge is 0.361 e. The zero-order valence-electron chi connectivity index (χ0n) is 13.6. The summed E-state index contributed by atoms with van der Waals surface area (Å²) in [5.74, 6) is -1.93. The number of halogens is 2. The highest BCUT2D eigenvalue weighted by Gasteiger charge is 2.67. The van der Waals surface area contributed by atoms with Crippen molar-refractivity contribution in [2.24, 2.45) is 5.41 Å². The van der Waals surface area contributed by atoms with E-state index >= 15 is 0 Å². The van der Waals surface area contributed by atoms with E-state index in [0.29, 0.717) is 19.5 Å². The molecule has 1 aliphatic heterocycles. The first-order valence-electron chi connectivity index (χ1n) is 7.65. The topological polar surface area (TPSA) is 61.4 Å². The number of fused-ring (bicyclic) bond motifs is 1. The van der Waals surface area contributed by atoms with E-state index in [-0.39, 0.29) is 19.0 Å². The molecule has 1 fully saturated rings.